The summed E-state index contributed by atoms with van der Waals surface area (Å²) in [6.07, 6.45) is 0. The standard InChI is InChI=1S/C17H19ClN2O5S/c1-20(2)17(21)13-7-5-11(9-14(13)18)19-26(22,23)16-8-6-12(24-3)10-15(16)25-4/h5-10,19H,1-4H3. The van der Waals surface area contributed by atoms with Crippen LogP contribution in [0, 0.1) is 0 Å². The molecule has 1 N–H and O–H groups in total. The van der Waals surface area contributed by atoms with E-state index in [-0.39, 0.29) is 32.8 Å². The van der Waals surface area contributed by atoms with Gasteiger partial charge in [0.05, 0.1) is 30.5 Å². The summed E-state index contributed by atoms with van der Waals surface area (Å²) in [4.78, 5) is 13.3. The van der Waals surface area contributed by atoms with Crippen LogP contribution in [0.25, 0.3) is 0 Å². The molecular formula is C17H19ClN2O5S. The van der Waals surface area contributed by atoms with Crippen LogP contribution in [0.1, 0.15) is 10.4 Å². The van der Waals surface area contributed by atoms with Crippen molar-refractivity contribution in [2.45, 2.75) is 4.90 Å². The molecule has 0 bridgehead atoms. The molecule has 0 saturated carbocycles. The lowest BCUT2D eigenvalue weighted by Gasteiger charge is -2.14. The molecule has 2 rings (SSSR count). The molecule has 2 aromatic rings. The van der Waals surface area contributed by atoms with Crippen LogP contribution >= 0.6 is 11.6 Å². The Bertz CT molecular complexity index is 929. The van der Waals surface area contributed by atoms with Gasteiger partial charge in [-0.25, -0.2) is 8.42 Å². The third-order valence-electron chi connectivity index (χ3n) is 3.52. The molecule has 0 radical (unpaired) electrons. The molecule has 7 nitrogen and oxygen atoms in total. The maximum Gasteiger partial charge on any atom is 0.265 e. The monoisotopic (exact) mass is 398 g/mol. The molecule has 9 heteroatoms. The zero-order valence-electron chi connectivity index (χ0n) is 14.7. The van der Waals surface area contributed by atoms with Gasteiger partial charge in [0.2, 0.25) is 0 Å². The molecule has 2 aromatic carbocycles. The number of sulfonamides is 1. The first-order valence-corrected chi connectivity index (χ1v) is 9.31. The zero-order chi connectivity index (χ0) is 19.5. The van der Waals surface area contributed by atoms with Gasteiger partial charge in [-0.2, -0.15) is 0 Å². The minimum atomic E-state index is -3.93. The lowest BCUT2D eigenvalue weighted by atomic mass is 10.2. The number of benzene rings is 2. The van der Waals surface area contributed by atoms with E-state index in [0.717, 1.165) is 0 Å². The summed E-state index contributed by atoms with van der Waals surface area (Å²) in [5, 5.41) is 0.144. The van der Waals surface area contributed by atoms with Crippen LogP contribution in [0.3, 0.4) is 0 Å². The Balaban J connectivity index is 2.36. The molecule has 0 unspecified atom stereocenters. The van der Waals surface area contributed by atoms with E-state index >= 15 is 0 Å². The fourth-order valence-electron chi connectivity index (χ4n) is 2.20. The summed E-state index contributed by atoms with van der Waals surface area (Å²) in [6, 6.07) is 8.69. The number of hydrogen-bond donors (Lipinski definition) is 1. The van der Waals surface area contributed by atoms with Crippen molar-refractivity contribution in [3.8, 4) is 11.5 Å². The van der Waals surface area contributed by atoms with Crippen molar-refractivity contribution in [1.82, 2.24) is 4.90 Å². The first kappa shape index (κ1) is 19.9. The van der Waals surface area contributed by atoms with Crippen LogP contribution in [0.4, 0.5) is 5.69 Å². The maximum absolute atomic E-state index is 12.7. The van der Waals surface area contributed by atoms with Gasteiger partial charge in [-0.15, -0.1) is 0 Å². The van der Waals surface area contributed by atoms with Crippen molar-refractivity contribution in [1.29, 1.82) is 0 Å². The Kier molecular flexibility index (Phi) is 5.99. The largest absolute Gasteiger partial charge is 0.497 e. The number of nitrogens with zero attached hydrogens (tertiary/aromatic N) is 1. The zero-order valence-corrected chi connectivity index (χ0v) is 16.3. The van der Waals surface area contributed by atoms with Gasteiger partial charge in [0, 0.05) is 20.2 Å². The number of hydrogen-bond acceptors (Lipinski definition) is 5. The summed E-state index contributed by atoms with van der Waals surface area (Å²) < 4.78 is 38.0. The van der Waals surface area contributed by atoms with Crippen LogP contribution in [0.2, 0.25) is 5.02 Å². The molecule has 0 aliphatic rings. The Morgan fingerprint density at radius 1 is 1.08 bits per heavy atom. The highest BCUT2D eigenvalue weighted by Crippen LogP contribution is 2.30. The topological polar surface area (TPSA) is 84.9 Å². The van der Waals surface area contributed by atoms with Crippen molar-refractivity contribution >= 4 is 33.2 Å². The molecule has 0 fully saturated rings. The predicted molar refractivity (Wildman–Crippen MR) is 99.8 cm³/mol. The normalized spacial score (nSPS) is 11.0. The Morgan fingerprint density at radius 3 is 2.31 bits per heavy atom. The first-order valence-electron chi connectivity index (χ1n) is 7.45. The smallest absolute Gasteiger partial charge is 0.265 e. The molecule has 0 heterocycles. The average molecular weight is 399 g/mol. The van der Waals surface area contributed by atoms with Crippen molar-refractivity contribution in [2.24, 2.45) is 0 Å². The second kappa shape index (κ2) is 7.84. The molecule has 140 valence electrons. The highest BCUT2D eigenvalue weighted by atomic mass is 35.5. The number of carbonyl (C=O) groups excluding carboxylic acids is 1. The van der Waals surface area contributed by atoms with E-state index in [1.54, 1.807) is 14.1 Å². The molecule has 0 aromatic heterocycles. The second-order valence-electron chi connectivity index (χ2n) is 5.52. The molecular weight excluding hydrogens is 380 g/mol. The minimum absolute atomic E-state index is 0.0506. The Morgan fingerprint density at radius 2 is 1.77 bits per heavy atom. The minimum Gasteiger partial charge on any atom is -0.497 e. The molecule has 0 saturated heterocycles. The van der Waals surface area contributed by atoms with Crippen LogP contribution < -0.4 is 14.2 Å². The fourth-order valence-corrected chi connectivity index (χ4v) is 3.66. The fraction of sp³-hybridized carbons (Fsp3) is 0.235. The Hall–Kier alpha value is -2.45. The van der Waals surface area contributed by atoms with Gasteiger partial charge in [-0.1, -0.05) is 11.6 Å². The summed E-state index contributed by atoms with van der Waals surface area (Å²) in [5.74, 6) is 0.332. The number of anilines is 1. The van der Waals surface area contributed by atoms with E-state index in [9.17, 15) is 13.2 Å². The number of halogens is 1. The van der Waals surface area contributed by atoms with E-state index in [1.165, 1.54) is 55.5 Å². The van der Waals surface area contributed by atoms with Gasteiger partial charge in [0.25, 0.3) is 15.9 Å². The predicted octanol–water partition coefficient (Wildman–Crippen LogP) is 2.86. The highest BCUT2D eigenvalue weighted by molar-refractivity contribution is 7.92. The summed E-state index contributed by atoms with van der Waals surface area (Å²) in [7, 11) is 2.11. The number of methoxy groups -OCH3 is 2. The van der Waals surface area contributed by atoms with Crippen molar-refractivity contribution in [2.75, 3.05) is 33.0 Å². The first-order chi connectivity index (χ1) is 12.2. The molecule has 0 aliphatic heterocycles. The number of ether oxygens (including phenoxy) is 2. The van der Waals surface area contributed by atoms with Gasteiger partial charge in [0.1, 0.15) is 16.4 Å². The van der Waals surface area contributed by atoms with E-state index < -0.39 is 10.0 Å². The summed E-state index contributed by atoms with van der Waals surface area (Å²) in [5.41, 5.74) is 0.504. The summed E-state index contributed by atoms with van der Waals surface area (Å²) in [6.45, 7) is 0. The van der Waals surface area contributed by atoms with Gasteiger partial charge in [0.15, 0.2) is 0 Å². The van der Waals surface area contributed by atoms with Gasteiger partial charge < -0.3 is 14.4 Å². The number of carbonyl (C=O) groups is 1. The Labute approximate surface area is 157 Å². The highest BCUT2D eigenvalue weighted by Gasteiger charge is 2.21. The second-order valence-corrected chi connectivity index (χ2v) is 7.57. The van der Waals surface area contributed by atoms with Crippen molar-refractivity contribution < 1.29 is 22.7 Å². The van der Waals surface area contributed by atoms with Crippen molar-refractivity contribution in [3.05, 3.63) is 47.0 Å². The molecule has 0 aliphatic carbocycles. The SMILES string of the molecule is COc1ccc(S(=O)(=O)Nc2ccc(C(=O)N(C)C)c(Cl)c2)c(OC)c1. The number of rotatable bonds is 6. The van der Waals surface area contributed by atoms with Crippen molar-refractivity contribution in [3.63, 3.8) is 0 Å². The molecule has 1 amide bonds. The van der Waals surface area contributed by atoms with Gasteiger partial charge in [-0.05, 0) is 30.3 Å². The van der Waals surface area contributed by atoms with E-state index in [0.29, 0.717) is 5.75 Å². The third kappa shape index (κ3) is 4.20. The van der Waals surface area contributed by atoms with E-state index in [4.69, 9.17) is 21.1 Å². The quantitative estimate of drug-likeness (QED) is 0.808. The number of nitrogens with one attached hydrogen (secondary N) is 1. The van der Waals surface area contributed by atoms with Crippen LogP contribution in [0.5, 0.6) is 11.5 Å². The van der Waals surface area contributed by atoms with Gasteiger partial charge >= 0.3 is 0 Å². The van der Waals surface area contributed by atoms with Crippen LogP contribution in [0.15, 0.2) is 41.3 Å². The third-order valence-corrected chi connectivity index (χ3v) is 5.25. The molecule has 0 spiro atoms. The molecule has 0 atom stereocenters. The van der Waals surface area contributed by atoms with Crippen LogP contribution in [-0.4, -0.2) is 47.5 Å². The van der Waals surface area contributed by atoms with E-state index in [2.05, 4.69) is 4.72 Å². The maximum atomic E-state index is 12.7. The summed E-state index contributed by atoms with van der Waals surface area (Å²) >= 11 is 6.12. The lowest BCUT2D eigenvalue weighted by molar-refractivity contribution is 0.0828. The van der Waals surface area contributed by atoms with E-state index in [1.807, 2.05) is 0 Å². The van der Waals surface area contributed by atoms with Crippen LogP contribution in [-0.2, 0) is 10.0 Å². The van der Waals surface area contributed by atoms with Gasteiger partial charge in [-0.3, -0.25) is 9.52 Å². The molecule has 26 heavy (non-hydrogen) atoms. The number of amides is 1. The average Bonchev–Trinajstić information content (AvgIpc) is 2.60. The lowest BCUT2D eigenvalue weighted by Crippen LogP contribution is -2.22.